The molecule has 0 aliphatic rings. The molecular formula is C19H24BrN5. The molecule has 0 aliphatic heterocycles. The van der Waals surface area contributed by atoms with E-state index in [1.165, 1.54) is 32.1 Å². The van der Waals surface area contributed by atoms with Gasteiger partial charge in [-0.1, -0.05) is 38.7 Å². The van der Waals surface area contributed by atoms with Crippen LogP contribution in [0.25, 0.3) is 5.65 Å². The highest BCUT2D eigenvalue weighted by molar-refractivity contribution is 9.10. The maximum atomic E-state index is 4.77. The van der Waals surface area contributed by atoms with Crippen molar-refractivity contribution in [1.82, 2.24) is 19.6 Å². The third kappa shape index (κ3) is 4.78. The predicted molar refractivity (Wildman–Crippen MR) is 105 cm³/mol. The van der Waals surface area contributed by atoms with Gasteiger partial charge in [-0.05, 0) is 40.4 Å². The van der Waals surface area contributed by atoms with Crippen LogP contribution in [0.2, 0.25) is 0 Å². The van der Waals surface area contributed by atoms with Gasteiger partial charge >= 0.3 is 0 Å². The molecule has 6 heteroatoms. The minimum absolute atomic E-state index is 0.709. The molecule has 0 atom stereocenters. The summed E-state index contributed by atoms with van der Waals surface area (Å²) in [6.45, 7) is 2.95. The van der Waals surface area contributed by atoms with E-state index >= 15 is 0 Å². The highest BCUT2D eigenvalue weighted by atomic mass is 79.9. The number of nitrogens with zero attached hydrogens (tertiary/aromatic N) is 4. The second kappa shape index (κ2) is 8.94. The lowest BCUT2D eigenvalue weighted by atomic mass is 10.1. The van der Waals surface area contributed by atoms with Crippen molar-refractivity contribution in [1.29, 1.82) is 0 Å². The van der Waals surface area contributed by atoms with Gasteiger partial charge in [0.25, 0.3) is 0 Å². The molecule has 3 aromatic rings. The number of aryl methyl sites for hydroxylation is 1. The van der Waals surface area contributed by atoms with Gasteiger partial charge in [0.05, 0.1) is 10.7 Å². The summed E-state index contributed by atoms with van der Waals surface area (Å²) in [5.74, 6) is 0.961. The van der Waals surface area contributed by atoms with Crippen molar-refractivity contribution in [2.45, 2.75) is 52.0 Å². The predicted octanol–water partition coefficient (Wildman–Crippen LogP) is 5.01. The molecule has 3 heterocycles. The van der Waals surface area contributed by atoms with Gasteiger partial charge in [-0.25, -0.2) is 4.98 Å². The number of rotatable bonds is 9. The molecule has 25 heavy (non-hydrogen) atoms. The number of hydrogen-bond acceptors (Lipinski definition) is 4. The summed E-state index contributed by atoms with van der Waals surface area (Å²) in [6, 6.07) is 6.13. The van der Waals surface area contributed by atoms with Crippen LogP contribution in [-0.2, 0) is 13.0 Å². The average molecular weight is 402 g/mol. The highest BCUT2D eigenvalue weighted by Gasteiger charge is 2.10. The van der Waals surface area contributed by atoms with E-state index in [2.05, 4.69) is 50.4 Å². The first-order valence-electron chi connectivity index (χ1n) is 8.94. The fourth-order valence-electron chi connectivity index (χ4n) is 2.85. The first-order valence-corrected chi connectivity index (χ1v) is 9.73. The van der Waals surface area contributed by atoms with Crippen LogP contribution in [0.1, 0.15) is 50.3 Å². The number of anilines is 1. The lowest BCUT2D eigenvalue weighted by Crippen LogP contribution is -2.08. The topological polar surface area (TPSA) is 55.1 Å². The summed E-state index contributed by atoms with van der Waals surface area (Å²) in [6.07, 6.45) is 12.8. The summed E-state index contributed by atoms with van der Waals surface area (Å²) >= 11 is 3.55. The van der Waals surface area contributed by atoms with Crippen LogP contribution in [0.15, 0.2) is 41.3 Å². The first-order chi connectivity index (χ1) is 12.3. The van der Waals surface area contributed by atoms with Gasteiger partial charge in [0, 0.05) is 30.7 Å². The van der Waals surface area contributed by atoms with Gasteiger partial charge in [0.2, 0.25) is 0 Å². The molecule has 1 N–H and O–H groups in total. The van der Waals surface area contributed by atoms with E-state index in [1.807, 2.05) is 16.8 Å². The van der Waals surface area contributed by atoms with Crippen LogP contribution < -0.4 is 5.32 Å². The minimum atomic E-state index is 0.709. The number of nitrogens with one attached hydrogen (secondary N) is 1. The first kappa shape index (κ1) is 17.9. The van der Waals surface area contributed by atoms with E-state index in [1.54, 1.807) is 12.4 Å². The molecule has 0 fully saturated rings. The number of fused-ring (bicyclic) bond motifs is 1. The molecule has 132 valence electrons. The molecule has 0 saturated carbocycles. The number of halogens is 1. The zero-order chi connectivity index (χ0) is 17.5. The second-order valence-electron chi connectivity index (χ2n) is 6.24. The van der Waals surface area contributed by atoms with Crippen molar-refractivity contribution in [3.05, 3.63) is 52.5 Å². The second-order valence-corrected chi connectivity index (χ2v) is 7.09. The molecule has 0 aliphatic carbocycles. The lowest BCUT2D eigenvalue weighted by molar-refractivity contribution is 0.628. The molecule has 5 nitrogen and oxygen atoms in total. The number of unbranched alkanes of at least 4 members (excludes halogenated alkanes) is 4. The largest absolute Gasteiger partial charge is 0.366 e. The fraction of sp³-hybridized carbons (Fsp3) is 0.421. The molecule has 0 bridgehead atoms. The summed E-state index contributed by atoms with van der Waals surface area (Å²) in [7, 11) is 0. The Morgan fingerprint density at radius 3 is 2.84 bits per heavy atom. The van der Waals surface area contributed by atoms with E-state index in [9.17, 15) is 0 Å². The van der Waals surface area contributed by atoms with Gasteiger partial charge in [0.15, 0.2) is 5.65 Å². The molecule has 0 amide bonds. The van der Waals surface area contributed by atoms with Gasteiger partial charge in [-0.15, -0.1) is 0 Å². The SMILES string of the molecule is CCCCCCCc1cc(NCc2cccnc2)n2ncc(Br)c2n1. The summed E-state index contributed by atoms with van der Waals surface area (Å²) in [4.78, 5) is 8.93. The Balaban J connectivity index is 1.73. The number of hydrogen-bond donors (Lipinski definition) is 1. The Morgan fingerprint density at radius 1 is 1.16 bits per heavy atom. The molecule has 0 unspecified atom stereocenters. The minimum Gasteiger partial charge on any atom is -0.366 e. The highest BCUT2D eigenvalue weighted by Crippen LogP contribution is 2.22. The van der Waals surface area contributed by atoms with Crippen molar-refractivity contribution in [3.63, 3.8) is 0 Å². The number of pyridine rings is 1. The molecule has 0 aromatic carbocycles. The van der Waals surface area contributed by atoms with Crippen molar-refractivity contribution >= 4 is 27.4 Å². The Bertz CT molecular complexity index is 800. The molecule has 3 aromatic heterocycles. The summed E-state index contributed by atoms with van der Waals surface area (Å²) in [5.41, 5.74) is 3.11. The molecule has 0 saturated heterocycles. The van der Waals surface area contributed by atoms with E-state index in [-0.39, 0.29) is 0 Å². The van der Waals surface area contributed by atoms with Crippen LogP contribution in [0.3, 0.4) is 0 Å². The van der Waals surface area contributed by atoms with Crippen LogP contribution in [0.5, 0.6) is 0 Å². The average Bonchev–Trinajstić information content (AvgIpc) is 3.02. The Labute approximate surface area is 157 Å². The quantitative estimate of drug-likeness (QED) is 0.511. The van der Waals surface area contributed by atoms with Gasteiger partial charge in [-0.3, -0.25) is 4.98 Å². The Morgan fingerprint density at radius 2 is 2.04 bits per heavy atom. The summed E-state index contributed by atoms with van der Waals surface area (Å²) < 4.78 is 2.77. The Hall–Kier alpha value is -1.95. The molecule has 3 rings (SSSR count). The van der Waals surface area contributed by atoms with Crippen LogP contribution in [-0.4, -0.2) is 19.6 Å². The zero-order valence-corrected chi connectivity index (χ0v) is 16.2. The van der Waals surface area contributed by atoms with Crippen molar-refractivity contribution in [2.24, 2.45) is 0 Å². The van der Waals surface area contributed by atoms with Crippen LogP contribution >= 0.6 is 15.9 Å². The van der Waals surface area contributed by atoms with Crippen molar-refractivity contribution < 1.29 is 0 Å². The molecular weight excluding hydrogens is 378 g/mol. The number of aromatic nitrogens is 4. The lowest BCUT2D eigenvalue weighted by Gasteiger charge is -2.11. The van der Waals surface area contributed by atoms with E-state index < -0.39 is 0 Å². The third-order valence-corrected chi connectivity index (χ3v) is 4.77. The van der Waals surface area contributed by atoms with E-state index in [0.717, 1.165) is 33.6 Å². The molecule has 0 radical (unpaired) electrons. The third-order valence-electron chi connectivity index (χ3n) is 4.21. The smallest absolute Gasteiger partial charge is 0.171 e. The Kier molecular flexibility index (Phi) is 6.39. The normalized spacial score (nSPS) is 11.1. The van der Waals surface area contributed by atoms with Crippen molar-refractivity contribution in [3.8, 4) is 0 Å². The standard InChI is InChI=1S/C19H24BrN5/c1-2-3-4-5-6-9-16-11-18(22-13-15-8-7-10-21-12-15)25-19(24-16)17(20)14-23-25/h7-8,10-12,14,22H,2-6,9,13H2,1H3. The van der Waals surface area contributed by atoms with E-state index in [4.69, 9.17) is 4.98 Å². The maximum absolute atomic E-state index is 4.77. The van der Waals surface area contributed by atoms with Gasteiger partial charge < -0.3 is 5.32 Å². The van der Waals surface area contributed by atoms with Gasteiger partial charge in [-0.2, -0.15) is 9.61 Å². The van der Waals surface area contributed by atoms with Crippen LogP contribution in [0.4, 0.5) is 5.82 Å². The van der Waals surface area contributed by atoms with Crippen LogP contribution in [0, 0.1) is 0 Å². The van der Waals surface area contributed by atoms with Crippen molar-refractivity contribution in [2.75, 3.05) is 5.32 Å². The monoisotopic (exact) mass is 401 g/mol. The van der Waals surface area contributed by atoms with Gasteiger partial charge in [0.1, 0.15) is 5.82 Å². The zero-order valence-electron chi connectivity index (χ0n) is 14.6. The maximum Gasteiger partial charge on any atom is 0.171 e. The summed E-state index contributed by atoms with van der Waals surface area (Å²) in [5, 5.41) is 7.89. The molecule has 0 spiro atoms. The van der Waals surface area contributed by atoms with E-state index in [0.29, 0.717) is 6.54 Å². The fourth-order valence-corrected chi connectivity index (χ4v) is 3.19.